The van der Waals surface area contributed by atoms with Crippen LogP contribution in [-0.2, 0) is 6.42 Å². The van der Waals surface area contributed by atoms with Gasteiger partial charge in [-0.15, -0.1) is 0 Å². The fourth-order valence-corrected chi connectivity index (χ4v) is 2.86. The van der Waals surface area contributed by atoms with E-state index in [0.29, 0.717) is 29.7 Å². The number of carbonyl (C=O) groups excluding carboxylic acids is 2. The second-order valence-corrected chi connectivity index (χ2v) is 6.50. The lowest BCUT2D eigenvalue weighted by Gasteiger charge is -2.10. The minimum absolute atomic E-state index is 0.145. The Bertz CT molecular complexity index is 965. The molecule has 0 saturated heterocycles. The van der Waals surface area contributed by atoms with Crippen LogP contribution in [0.4, 0.5) is 0 Å². The molecule has 1 aromatic heterocycles. The fraction of sp³-hybridized carbons (Fsp3) is 0.174. The molecule has 0 saturated carbocycles. The molecule has 1 heterocycles. The number of pyridine rings is 1. The second kappa shape index (κ2) is 8.41. The Balaban J connectivity index is 1.75. The largest absolute Gasteiger partial charge is 0.352 e. The lowest BCUT2D eigenvalue weighted by Crippen LogP contribution is -2.27. The Hall–Kier alpha value is -3.27. The summed E-state index contributed by atoms with van der Waals surface area (Å²) in [6, 6.07) is 18.2. The summed E-state index contributed by atoms with van der Waals surface area (Å²) >= 11 is 0. The maximum absolute atomic E-state index is 12.9. The number of amides is 1. The zero-order valence-electron chi connectivity index (χ0n) is 15.5. The number of hydrogen-bond acceptors (Lipinski definition) is 3. The van der Waals surface area contributed by atoms with E-state index in [-0.39, 0.29) is 11.7 Å². The third-order valence-electron chi connectivity index (χ3n) is 4.58. The van der Waals surface area contributed by atoms with E-state index in [1.54, 1.807) is 36.5 Å². The normalized spacial score (nSPS) is 10.4. The van der Waals surface area contributed by atoms with Gasteiger partial charge in [-0.05, 0) is 49.2 Å². The van der Waals surface area contributed by atoms with Crippen molar-refractivity contribution in [2.75, 3.05) is 6.54 Å². The first-order valence-corrected chi connectivity index (χ1v) is 8.95. The standard InChI is InChI=1S/C23H22N2O2/c1-16-10-11-18(15-17(16)2)22(26)20-8-3-4-9-21(20)23(27)25-14-12-19-7-5-6-13-24-19/h3-11,13,15H,12,14H2,1-2H3,(H,25,27). The zero-order valence-corrected chi connectivity index (χ0v) is 15.5. The third-order valence-corrected chi connectivity index (χ3v) is 4.58. The van der Waals surface area contributed by atoms with Crippen molar-refractivity contribution in [2.24, 2.45) is 0 Å². The molecule has 4 nitrogen and oxygen atoms in total. The highest BCUT2D eigenvalue weighted by molar-refractivity contribution is 6.15. The van der Waals surface area contributed by atoms with Gasteiger partial charge in [0, 0.05) is 36.0 Å². The first-order chi connectivity index (χ1) is 13.1. The van der Waals surface area contributed by atoms with Crippen molar-refractivity contribution in [3.8, 4) is 0 Å². The van der Waals surface area contributed by atoms with Gasteiger partial charge in [-0.3, -0.25) is 14.6 Å². The third kappa shape index (κ3) is 4.47. The number of ketones is 1. The molecule has 1 N–H and O–H groups in total. The Kier molecular flexibility index (Phi) is 5.77. The summed E-state index contributed by atoms with van der Waals surface area (Å²) in [6.45, 7) is 4.44. The first kappa shape index (κ1) is 18.5. The summed E-state index contributed by atoms with van der Waals surface area (Å²) in [5.41, 5.74) is 4.49. The molecule has 3 aromatic rings. The minimum Gasteiger partial charge on any atom is -0.352 e. The number of aryl methyl sites for hydroxylation is 2. The first-order valence-electron chi connectivity index (χ1n) is 8.95. The van der Waals surface area contributed by atoms with E-state index in [9.17, 15) is 9.59 Å². The molecule has 0 bridgehead atoms. The molecule has 0 atom stereocenters. The second-order valence-electron chi connectivity index (χ2n) is 6.50. The molecule has 27 heavy (non-hydrogen) atoms. The molecule has 0 spiro atoms. The molecule has 1 amide bonds. The highest BCUT2D eigenvalue weighted by Crippen LogP contribution is 2.17. The Morgan fingerprint density at radius 1 is 0.889 bits per heavy atom. The Morgan fingerprint density at radius 2 is 1.63 bits per heavy atom. The van der Waals surface area contributed by atoms with E-state index in [4.69, 9.17) is 0 Å². The Labute approximate surface area is 159 Å². The smallest absolute Gasteiger partial charge is 0.252 e. The summed E-state index contributed by atoms with van der Waals surface area (Å²) in [4.78, 5) is 29.8. The average molecular weight is 358 g/mol. The van der Waals surface area contributed by atoms with Gasteiger partial charge in [0.25, 0.3) is 5.91 Å². The SMILES string of the molecule is Cc1ccc(C(=O)c2ccccc2C(=O)NCCc2ccccn2)cc1C. The number of benzene rings is 2. The molecule has 0 aliphatic heterocycles. The molecule has 0 unspecified atom stereocenters. The predicted molar refractivity (Wildman–Crippen MR) is 106 cm³/mol. The van der Waals surface area contributed by atoms with Crippen molar-refractivity contribution in [2.45, 2.75) is 20.3 Å². The van der Waals surface area contributed by atoms with Crippen LogP contribution in [0.25, 0.3) is 0 Å². The summed E-state index contributed by atoms with van der Waals surface area (Å²) in [7, 11) is 0. The maximum atomic E-state index is 12.9. The highest BCUT2D eigenvalue weighted by atomic mass is 16.2. The van der Waals surface area contributed by atoms with E-state index in [1.807, 2.05) is 44.2 Å². The van der Waals surface area contributed by atoms with Crippen LogP contribution in [0.5, 0.6) is 0 Å². The van der Waals surface area contributed by atoms with Crippen molar-refractivity contribution in [3.05, 3.63) is 100 Å². The monoisotopic (exact) mass is 358 g/mol. The van der Waals surface area contributed by atoms with Gasteiger partial charge < -0.3 is 5.32 Å². The molecule has 0 aliphatic carbocycles. The number of hydrogen-bond donors (Lipinski definition) is 1. The molecule has 0 fully saturated rings. The van der Waals surface area contributed by atoms with Gasteiger partial charge in [0.15, 0.2) is 5.78 Å². The number of aromatic nitrogens is 1. The van der Waals surface area contributed by atoms with Crippen LogP contribution < -0.4 is 5.32 Å². The van der Waals surface area contributed by atoms with Crippen molar-refractivity contribution in [1.82, 2.24) is 10.3 Å². The van der Waals surface area contributed by atoms with Gasteiger partial charge in [0.05, 0.1) is 5.56 Å². The molecular formula is C23H22N2O2. The quantitative estimate of drug-likeness (QED) is 0.680. The van der Waals surface area contributed by atoms with Crippen LogP contribution in [0, 0.1) is 13.8 Å². The van der Waals surface area contributed by atoms with Gasteiger partial charge in [0.1, 0.15) is 0 Å². The lowest BCUT2D eigenvalue weighted by atomic mass is 9.95. The highest BCUT2D eigenvalue weighted by Gasteiger charge is 2.18. The molecule has 136 valence electrons. The average Bonchev–Trinajstić information content (AvgIpc) is 2.70. The van der Waals surface area contributed by atoms with E-state index in [1.165, 1.54) is 0 Å². The number of rotatable bonds is 6. The lowest BCUT2D eigenvalue weighted by molar-refractivity contribution is 0.0942. The van der Waals surface area contributed by atoms with E-state index in [2.05, 4.69) is 10.3 Å². The van der Waals surface area contributed by atoms with E-state index in [0.717, 1.165) is 16.8 Å². The number of nitrogens with zero attached hydrogens (tertiary/aromatic N) is 1. The fourth-order valence-electron chi connectivity index (χ4n) is 2.86. The van der Waals surface area contributed by atoms with Gasteiger partial charge in [-0.1, -0.05) is 36.4 Å². The Morgan fingerprint density at radius 3 is 2.33 bits per heavy atom. The van der Waals surface area contributed by atoms with Gasteiger partial charge in [0.2, 0.25) is 0 Å². The van der Waals surface area contributed by atoms with Crippen molar-refractivity contribution in [3.63, 3.8) is 0 Å². The van der Waals surface area contributed by atoms with Crippen LogP contribution in [0.2, 0.25) is 0 Å². The van der Waals surface area contributed by atoms with Crippen molar-refractivity contribution < 1.29 is 9.59 Å². The van der Waals surface area contributed by atoms with Crippen LogP contribution in [0.15, 0.2) is 66.9 Å². The van der Waals surface area contributed by atoms with E-state index < -0.39 is 0 Å². The minimum atomic E-state index is -0.251. The van der Waals surface area contributed by atoms with Crippen molar-refractivity contribution >= 4 is 11.7 Å². The molecule has 3 rings (SSSR count). The molecule has 0 aliphatic rings. The number of carbonyl (C=O) groups is 2. The summed E-state index contributed by atoms with van der Waals surface area (Å²) in [5.74, 6) is -0.396. The van der Waals surface area contributed by atoms with Crippen molar-refractivity contribution in [1.29, 1.82) is 0 Å². The predicted octanol–water partition coefficient (Wildman–Crippen LogP) is 3.90. The molecular weight excluding hydrogens is 336 g/mol. The topological polar surface area (TPSA) is 59.1 Å². The van der Waals surface area contributed by atoms with Gasteiger partial charge in [-0.2, -0.15) is 0 Å². The molecule has 0 radical (unpaired) electrons. The summed E-state index contributed by atoms with van der Waals surface area (Å²) < 4.78 is 0. The van der Waals surface area contributed by atoms with Crippen LogP contribution in [-0.4, -0.2) is 23.2 Å². The number of nitrogens with one attached hydrogen (secondary N) is 1. The zero-order chi connectivity index (χ0) is 19.2. The van der Waals surface area contributed by atoms with Gasteiger partial charge >= 0.3 is 0 Å². The van der Waals surface area contributed by atoms with Gasteiger partial charge in [-0.25, -0.2) is 0 Å². The maximum Gasteiger partial charge on any atom is 0.252 e. The van der Waals surface area contributed by atoms with E-state index >= 15 is 0 Å². The van der Waals surface area contributed by atoms with Crippen LogP contribution >= 0.6 is 0 Å². The summed E-state index contributed by atoms with van der Waals surface area (Å²) in [5, 5.41) is 2.88. The van der Waals surface area contributed by atoms with Crippen LogP contribution in [0.1, 0.15) is 43.1 Å². The van der Waals surface area contributed by atoms with Crippen LogP contribution in [0.3, 0.4) is 0 Å². The molecule has 4 heteroatoms. The molecule has 2 aromatic carbocycles. The summed E-state index contributed by atoms with van der Waals surface area (Å²) in [6.07, 6.45) is 2.37.